The number of nitrogens with two attached hydrogens (primary N) is 1. The molecule has 1 atom stereocenters. The monoisotopic (exact) mass is 432 g/mol. The molecule has 0 aromatic heterocycles. The lowest BCUT2D eigenvalue weighted by molar-refractivity contribution is -0.127. The Labute approximate surface area is 180 Å². The van der Waals surface area contributed by atoms with E-state index in [1.165, 1.54) is 11.1 Å². The SMILES string of the molecule is CC(C)[C@H](N)C(=O)NCC(=O)NCC(C)(C)N1CCc2ccccc2C1.Cl.Cl. The van der Waals surface area contributed by atoms with Crippen molar-refractivity contribution < 1.29 is 9.59 Å². The lowest BCUT2D eigenvalue weighted by Crippen LogP contribution is -2.54. The van der Waals surface area contributed by atoms with Gasteiger partial charge >= 0.3 is 0 Å². The molecule has 1 aromatic rings. The van der Waals surface area contributed by atoms with Gasteiger partial charge in [-0.2, -0.15) is 0 Å². The number of nitrogens with one attached hydrogen (secondary N) is 2. The van der Waals surface area contributed by atoms with E-state index in [1.807, 2.05) is 13.8 Å². The zero-order valence-electron chi connectivity index (χ0n) is 17.2. The summed E-state index contributed by atoms with van der Waals surface area (Å²) in [7, 11) is 0. The van der Waals surface area contributed by atoms with Gasteiger partial charge in [-0.05, 0) is 37.3 Å². The van der Waals surface area contributed by atoms with Crippen LogP contribution in [0.1, 0.15) is 38.8 Å². The Hall–Kier alpha value is -1.34. The van der Waals surface area contributed by atoms with Crippen molar-refractivity contribution in [2.24, 2.45) is 11.7 Å². The Morgan fingerprint density at radius 3 is 2.36 bits per heavy atom. The number of hydrogen-bond acceptors (Lipinski definition) is 4. The zero-order valence-corrected chi connectivity index (χ0v) is 18.8. The smallest absolute Gasteiger partial charge is 0.239 e. The van der Waals surface area contributed by atoms with E-state index in [0.29, 0.717) is 6.54 Å². The van der Waals surface area contributed by atoms with E-state index in [-0.39, 0.29) is 54.6 Å². The third-order valence-electron chi connectivity index (χ3n) is 5.15. The summed E-state index contributed by atoms with van der Waals surface area (Å²) in [5.41, 5.74) is 8.38. The summed E-state index contributed by atoms with van der Waals surface area (Å²) >= 11 is 0. The molecule has 2 rings (SSSR count). The quantitative estimate of drug-likeness (QED) is 0.613. The first-order chi connectivity index (χ1) is 12.2. The molecule has 1 aliphatic rings. The lowest BCUT2D eigenvalue weighted by Gasteiger charge is -2.41. The molecule has 160 valence electrons. The Morgan fingerprint density at radius 2 is 1.75 bits per heavy atom. The summed E-state index contributed by atoms with van der Waals surface area (Å²) in [6, 6.07) is 7.92. The van der Waals surface area contributed by atoms with Crippen LogP contribution in [-0.4, -0.2) is 47.9 Å². The molecule has 0 radical (unpaired) electrons. The first kappa shape index (κ1) is 26.7. The first-order valence-corrected chi connectivity index (χ1v) is 9.32. The number of benzene rings is 1. The molecule has 0 aliphatic carbocycles. The average Bonchev–Trinajstić information content (AvgIpc) is 2.63. The second kappa shape index (κ2) is 11.6. The van der Waals surface area contributed by atoms with E-state index in [4.69, 9.17) is 5.73 Å². The van der Waals surface area contributed by atoms with Crippen LogP contribution < -0.4 is 16.4 Å². The molecule has 2 amide bonds. The predicted octanol–water partition coefficient (Wildman–Crippen LogP) is 1.88. The van der Waals surface area contributed by atoms with Crippen molar-refractivity contribution in [1.29, 1.82) is 0 Å². The second-order valence-electron chi connectivity index (χ2n) is 8.02. The molecule has 0 saturated heterocycles. The number of nitrogens with zero attached hydrogens (tertiary/aromatic N) is 1. The number of rotatable bonds is 7. The number of carbonyl (C=O) groups excluding carboxylic acids is 2. The standard InChI is InChI=1S/C20H32N4O2.2ClH/c1-14(2)18(21)19(26)22-11-17(25)23-13-20(3,4)24-10-9-15-7-5-6-8-16(15)12-24;;/h5-8,14,18H,9-13,21H2,1-4H3,(H,22,26)(H,23,25);2*1H/t18-;;/m0../s1. The molecule has 8 heteroatoms. The number of amides is 2. The first-order valence-electron chi connectivity index (χ1n) is 9.32. The molecule has 4 N–H and O–H groups in total. The fraction of sp³-hybridized carbons (Fsp3) is 0.600. The van der Waals surface area contributed by atoms with Gasteiger partial charge in [0, 0.05) is 25.2 Å². The zero-order chi connectivity index (χ0) is 19.3. The van der Waals surface area contributed by atoms with Gasteiger partial charge in [-0.15, -0.1) is 24.8 Å². The fourth-order valence-electron chi connectivity index (χ4n) is 3.09. The second-order valence-corrected chi connectivity index (χ2v) is 8.02. The van der Waals surface area contributed by atoms with Crippen molar-refractivity contribution in [2.45, 2.75) is 52.2 Å². The van der Waals surface area contributed by atoms with Gasteiger partial charge in [-0.1, -0.05) is 38.1 Å². The summed E-state index contributed by atoms with van der Waals surface area (Å²) in [6.07, 6.45) is 1.02. The van der Waals surface area contributed by atoms with Crippen LogP contribution >= 0.6 is 24.8 Å². The minimum atomic E-state index is -0.590. The maximum Gasteiger partial charge on any atom is 0.239 e. The number of fused-ring (bicyclic) bond motifs is 1. The minimum Gasteiger partial charge on any atom is -0.353 e. The van der Waals surface area contributed by atoms with Gasteiger partial charge in [0.1, 0.15) is 0 Å². The minimum absolute atomic E-state index is 0. The topological polar surface area (TPSA) is 87.5 Å². The van der Waals surface area contributed by atoms with Crippen molar-refractivity contribution in [3.8, 4) is 0 Å². The van der Waals surface area contributed by atoms with E-state index < -0.39 is 6.04 Å². The van der Waals surface area contributed by atoms with Gasteiger partial charge in [-0.25, -0.2) is 0 Å². The van der Waals surface area contributed by atoms with E-state index in [0.717, 1.165) is 19.5 Å². The summed E-state index contributed by atoms with van der Waals surface area (Å²) in [6.45, 7) is 10.4. The number of halogens is 2. The lowest BCUT2D eigenvalue weighted by atomic mass is 9.94. The van der Waals surface area contributed by atoms with Crippen LogP contribution in [0.3, 0.4) is 0 Å². The fourth-order valence-corrected chi connectivity index (χ4v) is 3.09. The van der Waals surface area contributed by atoms with Crippen LogP contribution in [0.25, 0.3) is 0 Å². The van der Waals surface area contributed by atoms with Crippen LogP contribution in [0, 0.1) is 5.92 Å². The Morgan fingerprint density at radius 1 is 1.14 bits per heavy atom. The Bertz CT molecular complexity index is 653. The summed E-state index contributed by atoms with van der Waals surface area (Å²) in [5, 5.41) is 5.53. The van der Waals surface area contributed by atoms with Gasteiger partial charge in [-0.3, -0.25) is 14.5 Å². The van der Waals surface area contributed by atoms with Crippen LogP contribution in [0.2, 0.25) is 0 Å². The normalized spacial score (nSPS) is 14.9. The highest BCUT2D eigenvalue weighted by Crippen LogP contribution is 2.24. The molecule has 6 nitrogen and oxygen atoms in total. The maximum atomic E-state index is 12.1. The molecule has 0 saturated carbocycles. The number of carbonyl (C=O) groups is 2. The number of hydrogen-bond donors (Lipinski definition) is 3. The molecular weight excluding hydrogens is 399 g/mol. The average molecular weight is 433 g/mol. The molecule has 1 heterocycles. The maximum absolute atomic E-state index is 12.1. The molecular formula is C20H34Cl2N4O2. The highest BCUT2D eigenvalue weighted by molar-refractivity contribution is 5.87. The van der Waals surface area contributed by atoms with Gasteiger partial charge in [0.15, 0.2) is 0 Å². The van der Waals surface area contributed by atoms with Crippen LogP contribution in [0.5, 0.6) is 0 Å². The highest BCUT2D eigenvalue weighted by atomic mass is 35.5. The molecule has 0 bridgehead atoms. The molecule has 1 aromatic carbocycles. The van der Waals surface area contributed by atoms with Gasteiger partial charge in [0.05, 0.1) is 12.6 Å². The third kappa shape index (κ3) is 7.24. The van der Waals surface area contributed by atoms with Gasteiger partial charge < -0.3 is 16.4 Å². The van der Waals surface area contributed by atoms with Crippen molar-refractivity contribution in [1.82, 2.24) is 15.5 Å². The Balaban J connectivity index is 0.00000364. The van der Waals surface area contributed by atoms with E-state index in [9.17, 15) is 9.59 Å². The van der Waals surface area contributed by atoms with E-state index in [2.05, 4.69) is 53.6 Å². The van der Waals surface area contributed by atoms with Crippen LogP contribution in [0.15, 0.2) is 24.3 Å². The molecule has 28 heavy (non-hydrogen) atoms. The van der Waals surface area contributed by atoms with Crippen LogP contribution in [-0.2, 0) is 22.6 Å². The largest absolute Gasteiger partial charge is 0.353 e. The predicted molar refractivity (Wildman–Crippen MR) is 118 cm³/mol. The third-order valence-corrected chi connectivity index (χ3v) is 5.15. The Kier molecular flexibility index (Phi) is 11.1. The van der Waals surface area contributed by atoms with Crippen LogP contribution in [0.4, 0.5) is 0 Å². The summed E-state index contributed by atoms with van der Waals surface area (Å²) < 4.78 is 0. The van der Waals surface area contributed by atoms with Crippen molar-refractivity contribution in [2.75, 3.05) is 19.6 Å². The summed E-state index contributed by atoms with van der Waals surface area (Å²) in [5.74, 6) is -0.444. The highest BCUT2D eigenvalue weighted by Gasteiger charge is 2.30. The molecule has 0 spiro atoms. The van der Waals surface area contributed by atoms with Gasteiger partial charge in [0.2, 0.25) is 11.8 Å². The molecule has 0 unspecified atom stereocenters. The van der Waals surface area contributed by atoms with E-state index in [1.54, 1.807) is 0 Å². The molecule has 1 aliphatic heterocycles. The van der Waals surface area contributed by atoms with E-state index >= 15 is 0 Å². The van der Waals surface area contributed by atoms with Crippen molar-refractivity contribution in [3.05, 3.63) is 35.4 Å². The summed E-state index contributed by atoms with van der Waals surface area (Å²) in [4.78, 5) is 26.3. The van der Waals surface area contributed by atoms with Crippen molar-refractivity contribution in [3.63, 3.8) is 0 Å². The molecule has 0 fully saturated rings. The van der Waals surface area contributed by atoms with Crippen molar-refractivity contribution >= 4 is 36.6 Å². The van der Waals surface area contributed by atoms with Gasteiger partial charge in [0.25, 0.3) is 0 Å².